The van der Waals surface area contributed by atoms with Crippen molar-refractivity contribution >= 4 is 22.7 Å². The fourth-order valence-electron chi connectivity index (χ4n) is 4.12. The molecule has 10 nitrogen and oxygen atoms in total. The Kier molecular flexibility index (Phi) is 3.85. The maximum Gasteiger partial charge on any atom is 0.257 e. The lowest BCUT2D eigenvalue weighted by Gasteiger charge is -2.41. The lowest BCUT2D eigenvalue weighted by molar-refractivity contribution is -0.119. The van der Waals surface area contributed by atoms with Crippen molar-refractivity contribution in [2.45, 2.75) is 44.4 Å². The predicted molar refractivity (Wildman–Crippen MR) is 112 cm³/mol. The number of aromatic nitrogens is 5. The standard InChI is InChI=1S/C21H25N7O3/c1-12-10-30-11-16(12)28-14(7-22)6-13-8-23-20(25-18(13)28)24-15-9-27(3)26-19(15)31-17-4-5-21(17,2)29/h6,8-9,12,16-17,29H,4-5,10-11H2,1-3H3,(H,23,24,25)/t12-,16-,17+,21-/m0/s1/i3D3. The van der Waals surface area contributed by atoms with Crippen LogP contribution in [-0.4, -0.2) is 54.3 Å². The van der Waals surface area contributed by atoms with E-state index in [2.05, 4.69) is 33.4 Å². The van der Waals surface area contributed by atoms with E-state index in [9.17, 15) is 10.4 Å². The highest BCUT2D eigenvalue weighted by Gasteiger charge is 2.43. The van der Waals surface area contributed by atoms with Gasteiger partial charge in [0.05, 0.1) is 31.1 Å². The van der Waals surface area contributed by atoms with Gasteiger partial charge in [0.1, 0.15) is 29.2 Å². The van der Waals surface area contributed by atoms with E-state index in [1.165, 1.54) is 6.20 Å². The largest absolute Gasteiger partial charge is 0.469 e. The molecule has 31 heavy (non-hydrogen) atoms. The number of aryl methyl sites for hydroxylation is 1. The summed E-state index contributed by atoms with van der Waals surface area (Å²) < 4.78 is 37.2. The van der Waals surface area contributed by atoms with Gasteiger partial charge in [0, 0.05) is 28.6 Å². The Morgan fingerprint density at radius 2 is 2.35 bits per heavy atom. The van der Waals surface area contributed by atoms with E-state index in [4.69, 9.17) is 13.6 Å². The smallest absolute Gasteiger partial charge is 0.257 e. The van der Waals surface area contributed by atoms with Crippen LogP contribution in [0.25, 0.3) is 11.0 Å². The van der Waals surface area contributed by atoms with Crippen LogP contribution in [0.4, 0.5) is 11.6 Å². The van der Waals surface area contributed by atoms with Gasteiger partial charge in [-0.3, -0.25) is 4.68 Å². The molecule has 0 spiro atoms. The Morgan fingerprint density at radius 3 is 3.00 bits per heavy atom. The van der Waals surface area contributed by atoms with Crippen molar-refractivity contribution in [2.24, 2.45) is 12.9 Å². The zero-order chi connectivity index (χ0) is 24.3. The summed E-state index contributed by atoms with van der Waals surface area (Å²) in [7, 11) is 0. The fourth-order valence-corrected chi connectivity index (χ4v) is 4.12. The Labute approximate surface area is 183 Å². The molecule has 2 fully saturated rings. The van der Waals surface area contributed by atoms with E-state index in [1.807, 2.05) is 4.57 Å². The highest BCUT2D eigenvalue weighted by Crippen LogP contribution is 2.37. The second-order valence-corrected chi connectivity index (χ2v) is 8.49. The van der Waals surface area contributed by atoms with Gasteiger partial charge in [0.15, 0.2) is 0 Å². The zero-order valence-corrected chi connectivity index (χ0v) is 17.2. The van der Waals surface area contributed by atoms with Gasteiger partial charge in [-0.05, 0) is 25.8 Å². The van der Waals surface area contributed by atoms with Gasteiger partial charge in [-0.2, -0.15) is 10.2 Å². The summed E-state index contributed by atoms with van der Waals surface area (Å²) >= 11 is 0. The number of aliphatic hydroxyl groups is 1. The molecule has 4 heterocycles. The highest BCUT2D eigenvalue weighted by atomic mass is 16.5. The van der Waals surface area contributed by atoms with Crippen LogP contribution in [0.5, 0.6) is 5.88 Å². The molecule has 0 unspecified atom stereocenters. The number of fused-ring (bicyclic) bond motifs is 1. The van der Waals surface area contributed by atoms with Crippen LogP contribution in [-0.2, 0) is 11.7 Å². The number of nitrogens with zero attached hydrogens (tertiary/aromatic N) is 6. The molecule has 3 aromatic heterocycles. The minimum Gasteiger partial charge on any atom is -0.469 e. The normalized spacial score (nSPS) is 29.6. The summed E-state index contributed by atoms with van der Waals surface area (Å²) in [6.07, 6.45) is 3.61. The number of hydrogen-bond donors (Lipinski definition) is 2. The molecular formula is C21H25N7O3. The fraction of sp³-hybridized carbons (Fsp3) is 0.524. The summed E-state index contributed by atoms with van der Waals surface area (Å²) in [5, 5.41) is 27.8. The van der Waals surface area contributed by atoms with E-state index in [0.717, 1.165) is 4.68 Å². The van der Waals surface area contributed by atoms with Crippen LogP contribution in [0.1, 0.15) is 42.5 Å². The van der Waals surface area contributed by atoms with Crippen molar-refractivity contribution < 1.29 is 18.7 Å². The maximum absolute atomic E-state index is 10.3. The summed E-state index contributed by atoms with van der Waals surface area (Å²) in [4.78, 5) is 8.96. The molecule has 0 aromatic carbocycles. The average molecular weight is 426 g/mol. The van der Waals surface area contributed by atoms with E-state index in [1.54, 1.807) is 19.2 Å². The molecule has 162 valence electrons. The van der Waals surface area contributed by atoms with Crippen LogP contribution in [0, 0.1) is 17.2 Å². The van der Waals surface area contributed by atoms with Gasteiger partial charge in [-0.15, -0.1) is 5.10 Å². The van der Waals surface area contributed by atoms with Crippen molar-refractivity contribution in [3.63, 3.8) is 0 Å². The number of rotatable bonds is 5. The van der Waals surface area contributed by atoms with Crippen LogP contribution in [0.3, 0.4) is 0 Å². The topological polar surface area (TPSA) is 123 Å². The molecule has 2 N–H and O–H groups in total. The number of nitrogens with one attached hydrogen (secondary N) is 1. The number of nitriles is 1. The van der Waals surface area contributed by atoms with Crippen molar-refractivity contribution in [2.75, 3.05) is 18.5 Å². The first-order valence-electron chi connectivity index (χ1n) is 11.7. The molecule has 3 aromatic rings. The molecule has 5 rings (SSSR count). The molecule has 1 saturated carbocycles. The number of anilines is 2. The average Bonchev–Trinajstić information content (AvgIpc) is 3.47. The van der Waals surface area contributed by atoms with Gasteiger partial charge in [0.25, 0.3) is 5.88 Å². The molecule has 0 radical (unpaired) electrons. The van der Waals surface area contributed by atoms with Crippen molar-refractivity contribution in [3.8, 4) is 11.9 Å². The van der Waals surface area contributed by atoms with Crippen molar-refractivity contribution in [3.05, 3.63) is 24.2 Å². The van der Waals surface area contributed by atoms with Gasteiger partial charge in [-0.25, -0.2) is 4.98 Å². The minimum absolute atomic E-state index is 0.0343. The number of hydrogen-bond acceptors (Lipinski definition) is 8. The van der Waals surface area contributed by atoms with Crippen molar-refractivity contribution in [1.29, 1.82) is 5.26 Å². The Balaban J connectivity index is 1.51. The van der Waals surface area contributed by atoms with Crippen LogP contribution < -0.4 is 10.1 Å². The molecule has 10 heteroatoms. The predicted octanol–water partition coefficient (Wildman–Crippen LogP) is 2.28. The second-order valence-electron chi connectivity index (χ2n) is 8.49. The molecule has 0 bridgehead atoms. The minimum atomic E-state index is -2.51. The first-order chi connectivity index (χ1) is 16.1. The van der Waals surface area contributed by atoms with Gasteiger partial charge in [0.2, 0.25) is 5.95 Å². The van der Waals surface area contributed by atoms with Crippen LogP contribution in [0.15, 0.2) is 18.5 Å². The van der Waals surface area contributed by atoms with Gasteiger partial charge >= 0.3 is 0 Å². The highest BCUT2D eigenvalue weighted by molar-refractivity contribution is 5.79. The summed E-state index contributed by atoms with van der Waals surface area (Å²) in [6, 6.07) is 3.93. The van der Waals surface area contributed by atoms with Gasteiger partial charge < -0.3 is 24.5 Å². The van der Waals surface area contributed by atoms with E-state index in [-0.39, 0.29) is 29.5 Å². The third-order valence-corrected chi connectivity index (χ3v) is 6.14. The molecule has 0 amide bonds. The maximum atomic E-state index is 10.3. The lowest BCUT2D eigenvalue weighted by Crippen LogP contribution is -2.52. The number of ether oxygens (including phenoxy) is 2. The van der Waals surface area contributed by atoms with E-state index >= 15 is 0 Å². The molecule has 2 aliphatic rings. The monoisotopic (exact) mass is 426 g/mol. The molecule has 4 atom stereocenters. The SMILES string of the molecule is [2H]C([2H])([2H])n1cc(Nc2ncc3cc(C#N)n([C@H]4COC[C@@H]4C)c3n2)c(O[C@@H]2CC[C@]2(C)O)n1. The molecule has 1 saturated heterocycles. The van der Waals surface area contributed by atoms with Gasteiger partial charge in [-0.1, -0.05) is 6.92 Å². The summed E-state index contributed by atoms with van der Waals surface area (Å²) in [5.41, 5.74) is 0.291. The first-order valence-corrected chi connectivity index (χ1v) is 10.2. The second kappa shape index (κ2) is 7.21. The summed E-state index contributed by atoms with van der Waals surface area (Å²) in [5.74, 6) is 0.441. The van der Waals surface area contributed by atoms with E-state index in [0.29, 0.717) is 42.8 Å². The third-order valence-electron chi connectivity index (χ3n) is 6.14. The molecule has 1 aliphatic heterocycles. The van der Waals surface area contributed by atoms with E-state index < -0.39 is 18.7 Å². The van der Waals surface area contributed by atoms with Crippen LogP contribution in [0.2, 0.25) is 0 Å². The first kappa shape index (κ1) is 16.5. The molecular weight excluding hydrogens is 398 g/mol. The van der Waals surface area contributed by atoms with Crippen LogP contribution >= 0.6 is 0 Å². The zero-order valence-electron chi connectivity index (χ0n) is 20.2. The summed E-state index contributed by atoms with van der Waals surface area (Å²) in [6.45, 7) is 2.30. The Bertz CT molecular complexity index is 1280. The lowest BCUT2D eigenvalue weighted by atomic mass is 9.79. The third kappa shape index (κ3) is 3.40. The Hall–Kier alpha value is -3.16. The van der Waals surface area contributed by atoms with Crippen molar-refractivity contribution in [1.82, 2.24) is 24.3 Å². The quantitative estimate of drug-likeness (QED) is 0.637. The Morgan fingerprint density at radius 1 is 1.48 bits per heavy atom. The molecule has 1 aliphatic carbocycles.